The topological polar surface area (TPSA) is 58.2 Å². The zero-order valence-corrected chi connectivity index (χ0v) is 16.0. The normalized spacial score (nSPS) is 14.7. The summed E-state index contributed by atoms with van der Waals surface area (Å²) in [5.74, 6) is -1.76. The molecule has 2 aromatic rings. The highest BCUT2D eigenvalue weighted by Gasteiger charge is 2.46. The van der Waals surface area contributed by atoms with Crippen molar-refractivity contribution in [2.75, 3.05) is 6.54 Å². The molecular formula is C22H20F4N2O2. The van der Waals surface area contributed by atoms with Gasteiger partial charge in [0.15, 0.2) is 0 Å². The van der Waals surface area contributed by atoms with Crippen molar-refractivity contribution in [3.63, 3.8) is 0 Å². The van der Waals surface area contributed by atoms with Gasteiger partial charge in [-0.2, -0.15) is 13.2 Å². The zero-order chi connectivity index (χ0) is 21.9. The van der Waals surface area contributed by atoms with Gasteiger partial charge in [-0.3, -0.25) is 9.59 Å². The van der Waals surface area contributed by atoms with Gasteiger partial charge in [-0.1, -0.05) is 24.8 Å². The Hall–Kier alpha value is -3.16. The lowest BCUT2D eigenvalue weighted by molar-refractivity contribution is -0.137. The molecular weight excluding hydrogens is 400 g/mol. The second kappa shape index (κ2) is 8.30. The Morgan fingerprint density at radius 2 is 1.80 bits per heavy atom. The van der Waals surface area contributed by atoms with Crippen LogP contribution in [0.25, 0.3) is 0 Å². The number of hydrogen-bond donors (Lipinski definition) is 2. The summed E-state index contributed by atoms with van der Waals surface area (Å²) >= 11 is 0. The number of carbonyl (C=O) groups is 2. The lowest BCUT2D eigenvalue weighted by atomic mass is 9.93. The molecule has 2 aromatic carbocycles. The van der Waals surface area contributed by atoms with E-state index in [-0.39, 0.29) is 24.6 Å². The van der Waals surface area contributed by atoms with E-state index in [1.54, 1.807) is 24.3 Å². The molecule has 1 aliphatic rings. The predicted octanol–water partition coefficient (Wildman–Crippen LogP) is 4.11. The van der Waals surface area contributed by atoms with E-state index < -0.39 is 28.9 Å². The summed E-state index contributed by atoms with van der Waals surface area (Å²) in [4.78, 5) is 24.1. The summed E-state index contributed by atoms with van der Waals surface area (Å²) in [6, 6.07) is 9.17. The molecule has 0 bridgehead atoms. The first-order chi connectivity index (χ1) is 14.1. The fourth-order valence-electron chi connectivity index (χ4n) is 3.27. The Labute approximate surface area is 171 Å². The van der Waals surface area contributed by atoms with Crippen molar-refractivity contribution in [2.24, 2.45) is 0 Å². The number of alkyl halides is 3. The fourth-order valence-corrected chi connectivity index (χ4v) is 3.27. The molecule has 30 heavy (non-hydrogen) atoms. The Morgan fingerprint density at radius 3 is 2.43 bits per heavy atom. The first kappa shape index (κ1) is 21.5. The number of carbonyl (C=O) groups excluding carboxylic acids is 2. The van der Waals surface area contributed by atoms with E-state index in [1.807, 2.05) is 0 Å². The molecule has 0 saturated heterocycles. The predicted molar refractivity (Wildman–Crippen MR) is 103 cm³/mol. The van der Waals surface area contributed by atoms with Crippen LogP contribution in [0, 0.1) is 5.82 Å². The average molecular weight is 420 g/mol. The Bertz CT molecular complexity index is 981. The van der Waals surface area contributed by atoms with Crippen LogP contribution >= 0.6 is 0 Å². The highest BCUT2D eigenvalue weighted by Crippen LogP contribution is 2.49. The molecule has 2 amide bonds. The number of nitrogens with one attached hydrogen (secondary N) is 2. The number of amides is 2. The smallest absolute Gasteiger partial charge is 0.351 e. The first-order valence-electron chi connectivity index (χ1n) is 9.29. The standard InChI is InChI=1S/C22H20F4N2O2/c1-2-19(29)27-12-14-5-3-4-6-18(14)20(30)28-13-21(7-8-21)15-9-16(22(24,25)26)11-17(23)10-15/h2-6,9-11H,1,7-8,12-13H2,(H,27,29)(H,28,30). The van der Waals surface area contributed by atoms with E-state index >= 15 is 0 Å². The Kier molecular flexibility index (Phi) is 5.96. The summed E-state index contributed by atoms with van der Waals surface area (Å²) in [5, 5.41) is 5.34. The van der Waals surface area contributed by atoms with Gasteiger partial charge in [0.2, 0.25) is 5.91 Å². The summed E-state index contributed by atoms with van der Waals surface area (Å²) in [6.45, 7) is 3.57. The third-order valence-electron chi connectivity index (χ3n) is 5.18. The Morgan fingerprint density at radius 1 is 1.10 bits per heavy atom. The highest BCUT2D eigenvalue weighted by atomic mass is 19.4. The van der Waals surface area contributed by atoms with Crippen molar-refractivity contribution in [3.05, 3.63) is 83.2 Å². The van der Waals surface area contributed by atoms with E-state index in [9.17, 15) is 27.2 Å². The van der Waals surface area contributed by atoms with Crippen LogP contribution in [-0.2, 0) is 22.9 Å². The number of hydrogen-bond acceptors (Lipinski definition) is 2. The lowest BCUT2D eigenvalue weighted by Crippen LogP contribution is -2.33. The molecule has 1 aliphatic carbocycles. The van der Waals surface area contributed by atoms with Gasteiger partial charge in [0, 0.05) is 24.1 Å². The molecule has 1 fully saturated rings. The van der Waals surface area contributed by atoms with E-state index in [0.717, 1.165) is 18.2 Å². The minimum atomic E-state index is -4.65. The summed E-state index contributed by atoms with van der Waals surface area (Å²) < 4.78 is 52.8. The molecule has 4 nitrogen and oxygen atoms in total. The molecule has 2 N–H and O–H groups in total. The van der Waals surface area contributed by atoms with E-state index in [4.69, 9.17) is 0 Å². The maximum Gasteiger partial charge on any atom is 0.416 e. The molecule has 0 heterocycles. The maximum atomic E-state index is 13.8. The van der Waals surface area contributed by atoms with E-state index in [0.29, 0.717) is 30.0 Å². The van der Waals surface area contributed by atoms with E-state index in [2.05, 4.69) is 17.2 Å². The van der Waals surface area contributed by atoms with Crippen molar-refractivity contribution in [2.45, 2.75) is 31.0 Å². The van der Waals surface area contributed by atoms with Crippen LogP contribution in [0.2, 0.25) is 0 Å². The molecule has 0 radical (unpaired) electrons. The molecule has 0 atom stereocenters. The quantitative estimate of drug-likeness (QED) is 0.523. The van der Waals surface area contributed by atoms with Crippen LogP contribution < -0.4 is 10.6 Å². The van der Waals surface area contributed by atoms with Crippen LogP contribution in [0.1, 0.15) is 39.9 Å². The van der Waals surface area contributed by atoms with Gasteiger partial charge in [-0.15, -0.1) is 0 Å². The average Bonchev–Trinajstić information content (AvgIpc) is 3.50. The number of rotatable bonds is 7. The van der Waals surface area contributed by atoms with Crippen LogP contribution in [0.4, 0.5) is 17.6 Å². The molecule has 3 rings (SSSR count). The van der Waals surface area contributed by atoms with Gasteiger partial charge in [-0.05, 0) is 54.3 Å². The zero-order valence-electron chi connectivity index (χ0n) is 16.0. The first-order valence-corrected chi connectivity index (χ1v) is 9.29. The van der Waals surface area contributed by atoms with Crippen LogP contribution in [0.3, 0.4) is 0 Å². The van der Waals surface area contributed by atoms with Gasteiger partial charge >= 0.3 is 6.18 Å². The Balaban J connectivity index is 1.74. The lowest BCUT2D eigenvalue weighted by Gasteiger charge is -2.19. The van der Waals surface area contributed by atoms with Crippen molar-refractivity contribution in [1.29, 1.82) is 0 Å². The van der Waals surface area contributed by atoms with Gasteiger partial charge in [-0.25, -0.2) is 4.39 Å². The molecule has 8 heteroatoms. The van der Waals surface area contributed by atoms with E-state index in [1.165, 1.54) is 0 Å². The van der Waals surface area contributed by atoms with Crippen molar-refractivity contribution < 1.29 is 27.2 Å². The monoisotopic (exact) mass is 420 g/mol. The largest absolute Gasteiger partial charge is 0.416 e. The van der Waals surface area contributed by atoms with Crippen molar-refractivity contribution in [1.82, 2.24) is 10.6 Å². The fraction of sp³-hybridized carbons (Fsp3) is 0.273. The van der Waals surface area contributed by atoms with Crippen LogP contribution in [0.5, 0.6) is 0 Å². The van der Waals surface area contributed by atoms with Gasteiger partial charge in [0.25, 0.3) is 5.91 Å². The number of benzene rings is 2. The maximum absolute atomic E-state index is 13.8. The second-order valence-electron chi connectivity index (χ2n) is 7.27. The van der Waals surface area contributed by atoms with Gasteiger partial charge < -0.3 is 10.6 Å². The summed E-state index contributed by atoms with van der Waals surface area (Å²) in [6.07, 6.45) is -2.44. The molecule has 0 spiro atoms. The molecule has 0 unspecified atom stereocenters. The summed E-state index contributed by atoms with van der Waals surface area (Å²) in [7, 11) is 0. The minimum Gasteiger partial charge on any atom is -0.351 e. The molecule has 158 valence electrons. The summed E-state index contributed by atoms with van der Waals surface area (Å²) in [5.41, 5.74) is -0.614. The third-order valence-corrected chi connectivity index (χ3v) is 5.18. The highest BCUT2D eigenvalue weighted by molar-refractivity contribution is 5.96. The van der Waals surface area contributed by atoms with Gasteiger partial charge in [0.05, 0.1) is 5.56 Å². The SMILES string of the molecule is C=CC(=O)NCc1ccccc1C(=O)NCC1(c2cc(F)cc(C(F)(F)F)c2)CC1. The van der Waals surface area contributed by atoms with Crippen LogP contribution in [0.15, 0.2) is 55.1 Å². The molecule has 1 saturated carbocycles. The third kappa shape index (κ3) is 4.87. The van der Waals surface area contributed by atoms with Crippen molar-refractivity contribution in [3.8, 4) is 0 Å². The molecule has 0 aromatic heterocycles. The van der Waals surface area contributed by atoms with Gasteiger partial charge in [0.1, 0.15) is 5.82 Å². The van der Waals surface area contributed by atoms with Crippen LogP contribution in [-0.4, -0.2) is 18.4 Å². The van der Waals surface area contributed by atoms with Crippen molar-refractivity contribution >= 4 is 11.8 Å². The molecule has 0 aliphatic heterocycles. The minimum absolute atomic E-state index is 0.0833. The number of halogens is 4. The second-order valence-corrected chi connectivity index (χ2v) is 7.27.